The molecule has 1 aliphatic rings. The highest BCUT2D eigenvalue weighted by Gasteiger charge is 2.42. The summed E-state index contributed by atoms with van der Waals surface area (Å²) in [6, 6.07) is 9.25. The molecule has 8 heteroatoms. The maximum Gasteiger partial charge on any atom is 0.262 e. The number of nitrogens with one attached hydrogen (secondary N) is 1. The van der Waals surface area contributed by atoms with Gasteiger partial charge in [-0.15, -0.1) is 0 Å². The Morgan fingerprint density at radius 2 is 1.81 bits per heavy atom. The Hall–Kier alpha value is -2.38. The van der Waals surface area contributed by atoms with E-state index in [0.29, 0.717) is 5.75 Å². The van der Waals surface area contributed by atoms with Gasteiger partial charge in [-0.25, -0.2) is 4.39 Å². The van der Waals surface area contributed by atoms with E-state index in [0.717, 1.165) is 11.0 Å². The van der Waals surface area contributed by atoms with Crippen molar-refractivity contribution in [3.8, 4) is 0 Å². The molecule has 0 unspecified atom stereocenters. The minimum Gasteiger partial charge on any atom is -0.322 e. The molecule has 5 nitrogen and oxygen atoms in total. The summed E-state index contributed by atoms with van der Waals surface area (Å²) >= 11 is 7.21. The number of hydrogen-bond donors (Lipinski definition) is 1. The molecule has 0 aliphatic carbocycles. The van der Waals surface area contributed by atoms with Crippen LogP contribution in [0.25, 0.3) is 0 Å². The molecule has 0 bridgehead atoms. The molecule has 0 saturated carbocycles. The Labute approximate surface area is 164 Å². The summed E-state index contributed by atoms with van der Waals surface area (Å²) in [6.07, 6.45) is 2.11. The Balaban J connectivity index is 1.89. The minimum absolute atomic E-state index is 0.0600. The Morgan fingerprint density at radius 3 is 2.37 bits per heavy atom. The molecule has 0 radical (unpaired) electrons. The summed E-state index contributed by atoms with van der Waals surface area (Å²) in [7, 11) is 0. The van der Waals surface area contributed by atoms with Crippen LogP contribution >= 0.6 is 23.4 Å². The van der Waals surface area contributed by atoms with Crippen molar-refractivity contribution >= 4 is 46.8 Å². The zero-order valence-corrected chi connectivity index (χ0v) is 15.9. The van der Waals surface area contributed by atoms with E-state index in [9.17, 15) is 18.8 Å². The van der Waals surface area contributed by atoms with E-state index in [1.807, 2.05) is 6.26 Å². The zero-order chi connectivity index (χ0) is 19.6. The predicted molar refractivity (Wildman–Crippen MR) is 104 cm³/mol. The van der Waals surface area contributed by atoms with E-state index in [-0.39, 0.29) is 28.3 Å². The number of thioether (sulfide) groups is 1. The number of halogens is 2. The second-order valence-electron chi connectivity index (χ2n) is 5.94. The fraction of sp³-hybridized carbons (Fsp3) is 0.211. The van der Waals surface area contributed by atoms with Crippen LogP contribution in [0, 0.1) is 5.82 Å². The third kappa shape index (κ3) is 3.84. The van der Waals surface area contributed by atoms with Crippen LogP contribution in [0.4, 0.5) is 10.1 Å². The van der Waals surface area contributed by atoms with Gasteiger partial charge in [0.15, 0.2) is 0 Å². The molecule has 2 aromatic carbocycles. The number of nitrogens with zero attached hydrogens (tertiary/aromatic N) is 1. The number of rotatable bonds is 6. The molecule has 0 fully saturated rings. The maximum absolute atomic E-state index is 14.0. The first-order chi connectivity index (χ1) is 12.9. The van der Waals surface area contributed by atoms with Crippen molar-refractivity contribution in [2.45, 2.75) is 12.5 Å². The largest absolute Gasteiger partial charge is 0.322 e. The summed E-state index contributed by atoms with van der Waals surface area (Å²) in [5.74, 6) is -1.81. The highest BCUT2D eigenvalue weighted by atomic mass is 35.5. The van der Waals surface area contributed by atoms with Gasteiger partial charge in [0.05, 0.1) is 16.8 Å². The van der Waals surface area contributed by atoms with Crippen molar-refractivity contribution in [1.29, 1.82) is 0 Å². The minimum atomic E-state index is -1.04. The summed E-state index contributed by atoms with van der Waals surface area (Å²) in [4.78, 5) is 39.2. The van der Waals surface area contributed by atoms with E-state index in [1.54, 1.807) is 24.3 Å². The van der Waals surface area contributed by atoms with Crippen LogP contribution in [0.3, 0.4) is 0 Å². The second kappa shape index (κ2) is 8.10. The highest BCUT2D eigenvalue weighted by molar-refractivity contribution is 7.98. The first-order valence-electron chi connectivity index (χ1n) is 8.15. The standard InChI is InChI=1S/C19H16ClFN2O3S/c1-27-9-8-16(17(24)22-15-7-6-11(20)10-14(15)21)23-18(25)12-4-2-3-5-13(12)19(23)26/h2-7,10,16H,8-9H2,1H3,(H,22,24)/t16-/m0/s1. The van der Waals surface area contributed by atoms with Gasteiger partial charge in [0, 0.05) is 5.02 Å². The van der Waals surface area contributed by atoms with Gasteiger partial charge >= 0.3 is 0 Å². The van der Waals surface area contributed by atoms with Gasteiger partial charge in [0.2, 0.25) is 5.91 Å². The lowest BCUT2D eigenvalue weighted by Gasteiger charge is -2.25. The summed E-state index contributed by atoms with van der Waals surface area (Å²) in [5.41, 5.74) is 0.472. The molecule has 3 amide bonds. The summed E-state index contributed by atoms with van der Waals surface area (Å²) in [5, 5.41) is 2.66. The molecule has 1 aliphatic heterocycles. The third-order valence-corrected chi connectivity index (χ3v) is 5.10. The Morgan fingerprint density at radius 1 is 1.19 bits per heavy atom. The Kier molecular flexibility index (Phi) is 5.82. The molecule has 1 N–H and O–H groups in total. The smallest absolute Gasteiger partial charge is 0.262 e. The summed E-state index contributed by atoms with van der Waals surface area (Å²) < 4.78 is 14.0. The van der Waals surface area contributed by atoms with Gasteiger partial charge in [0.25, 0.3) is 11.8 Å². The fourth-order valence-electron chi connectivity index (χ4n) is 2.90. The van der Waals surface area contributed by atoms with Crippen LogP contribution in [-0.4, -0.2) is 40.7 Å². The van der Waals surface area contributed by atoms with Gasteiger partial charge in [0.1, 0.15) is 11.9 Å². The predicted octanol–water partition coefficient (Wildman–Crippen LogP) is 3.84. The third-order valence-electron chi connectivity index (χ3n) is 4.22. The van der Waals surface area contributed by atoms with E-state index in [2.05, 4.69) is 5.32 Å². The van der Waals surface area contributed by atoms with Gasteiger partial charge in [-0.05, 0) is 48.8 Å². The molecule has 0 saturated heterocycles. The molecule has 1 atom stereocenters. The van der Waals surface area contributed by atoms with Crippen molar-refractivity contribution in [2.75, 3.05) is 17.3 Å². The maximum atomic E-state index is 14.0. The van der Waals surface area contributed by atoms with E-state index >= 15 is 0 Å². The number of fused-ring (bicyclic) bond motifs is 1. The number of anilines is 1. The molecule has 0 aromatic heterocycles. The number of amides is 3. The van der Waals surface area contributed by atoms with Crippen LogP contribution in [0.15, 0.2) is 42.5 Å². The van der Waals surface area contributed by atoms with Crippen LogP contribution in [-0.2, 0) is 4.79 Å². The first-order valence-corrected chi connectivity index (χ1v) is 9.93. The molecule has 0 spiro atoms. The number of hydrogen-bond acceptors (Lipinski definition) is 4. The number of imide groups is 1. The van der Waals surface area contributed by atoms with Crippen LogP contribution in [0.1, 0.15) is 27.1 Å². The van der Waals surface area contributed by atoms with Gasteiger partial charge < -0.3 is 5.32 Å². The fourth-order valence-corrected chi connectivity index (χ4v) is 3.52. The van der Waals surface area contributed by atoms with Crippen molar-refractivity contribution in [1.82, 2.24) is 4.90 Å². The lowest BCUT2D eigenvalue weighted by Crippen LogP contribution is -2.47. The van der Waals surface area contributed by atoms with Crippen molar-refractivity contribution in [2.24, 2.45) is 0 Å². The lowest BCUT2D eigenvalue weighted by atomic mass is 10.1. The van der Waals surface area contributed by atoms with Gasteiger partial charge in [-0.2, -0.15) is 11.8 Å². The lowest BCUT2D eigenvalue weighted by molar-refractivity contribution is -0.120. The average molecular weight is 407 g/mol. The molecule has 1 heterocycles. The van der Waals surface area contributed by atoms with E-state index < -0.39 is 29.6 Å². The molecule has 140 valence electrons. The van der Waals surface area contributed by atoms with Crippen molar-refractivity contribution in [3.05, 3.63) is 64.4 Å². The highest BCUT2D eigenvalue weighted by Crippen LogP contribution is 2.27. The molecule has 27 heavy (non-hydrogen) atoms. The normalized spacial score (nSPS) is 14.3. The first kappa shape index (κ1) is 19.4. The average Bonchev–Trinajstić information content (AvgIpc) is 2.90. The van der Waals surface area contributed by atoms with Crippen molar-refractivity contribution in [3.63, 3.8) is 0 Å². The van der Waals surface area contributed by atoms with Crippen LogP contribution in [0.2, 0.25) is 5.02 Å². The van der Waals surface area contributed by atoms with Gasteiger partial charge in [-0.3, -0.25) is 19.3 Å². The number of carbonyl (C=O) groups is 3. The molecular weight excluding hydrogens is 391 g/mol. The number of benzene rings is 2. The van der Waals surface area contributed by atoms with Crippen LogP contribution < -0.4 is 5.32 Å². The van der Waals surface area contributed by atoms with Gasteiger partial charge in [-0.1, -0.05) is 23.7 Å². The summed E-state index contributed by atoms with van der Waals surface area (Å²) in [6.45, 7) is 0. The molecule has 3 rings (SSSR count). The molecule has 2 aromatic rings. The monoisotopic (exact) mass is 406 g/mol. The number of carbonyl (C=O) groups excluding carboxylic acids is 3. The quantitative estimate of drug-likeness (QED) is 0.740. The SMILES string of the molecule is CSCC[C@@H](C(=O)Nc1ccc(Cl)cc1F)N1C(=O)c2ccccc2C1=O. The second-order valence-corrected chi connectivity index (χ2v) is 7.36. The van der Waals surface area contributed by atoms with E-state index in [4.69, 9.17) is 11.6 Å². The van der Waals surface area contributed by atoms with Crippen molar-refractivity contribution < 1.29 is 18.8 Å². The Bertz CT molecular complexity index is 887. The van der Waals surface area contributed by atoms with E-state index in [1.165, 1.54) is 23.9 Å². The molecular formula is C19H16ClFN2O3S. The topological polar surface area (TPSA) is 66.5 Å². The van der Waals surface area contributed by atoms with Crippen LogP contribution in [0.5, 0.6) is 0 Å². The zero-order valence-electron chi connectivity index (χ0n) is 14.4.